The number of nitrogens with zero attached hydrogens (tertiary/aromatic N) is 6. The molecule has 0 radical (unpaired) electrons. The van der Waals surface area contributed by atoms with E-state index in [4.69, 9.17) is 4.98 Å². The minimum atomic E-state index is 0.0339. The van der Waals surface area contributed by atoms with Crippen LogP contribution in [0.3, 0.4) is 0 Å². The Kier molecular flexibility index (Phi) is 4.20. The lowest BCUT2D eigenvalue weighted by atomic mass is 10.1. The molecule has 1 aliphatic heterocycles. The highest BCUT2D eigenvalue weighted by Crippen LogP contribution is 2.29. The molecule has 8 heteroatoms. The topological polar surface area (TPSA) is 66.6 Å². The maximum atomic E-state index is 13.2. The molecule has 4 heterocycles. The Hall–Kier alpha value is -3.00. The molecule has 0 spiro atoms. The summed E-state index contributed by atoms with van der Waals surface area (Å²) in [6, 6.07) is 11.9. The second kappa shape index (κ2) is 6.87. The number of carbonyl (C=O) groups is 1. The summed E-state index contributed by atoms with van der Waals surface area (Å²) in [6.45, 7) is 4.96. The van der Waals surface area contributed by atoms with E-state index in [1.165, 1.54) is 9.33 Å². The molecular weight excluding hydrogens is 372 g/mol. The number of thiazole rings is 1. The lowest BCUT2D eigenvalue weighted by molar-refractivity contribution is 0.0768. The number of anilines is 1. The van der Waals surface area contributed by atoms with Crippen molar-refractivity contribution < 1.29 is 4.79 Å². The zero-order valence-corrected chi connectivity index (χ0v) is 16.4. The van der Waals surface area contributed by atoms with Crippen molar-refractivity contribution in [2.45, 2.75) is 13.3 Å². The smallest absolute Gasteiger partial charge is 0.258 e. The molecule has 0 atom stereocenters. The van der Waals surface area contributed by atoms with Crippen LogP contribution in [0.2, 0.25) is 0 Å². The molecule has 1 amide bonds. The van der Waals surface area contributed by atoms with Gasteiger partial charge in [0, 0.05) is 32.4 Å². The van der Waals surface area contributed by atoms with Crippen LogP contribution >= 0.6 is 11.3 Å². The number of fused-ring (bicyclic) bond motifs is 2. The van der Waals surface area contributed by atoms with Crippen LogP contribution in [-0.4, -0.2) is 56.8 Å². The number of aryl methyl sites for hydroxylation is 1. The number of rotatable bonds is 2. The summed E-state index contributed by atoms with van der Waals surface area (Å²) in [5.74, 6) is 0.0339. The van der Waals surface area contributed by atoms with Crippen LogP contribution in [0.25, 0.3) is 15.7 Å². The Balaban J connectivity index is 1.38. The Morgan fingerprint density at radius 3 is 2.86 bits per heavy atom. The van der Waals surface area contributed by atoms with Crippen molar-refractivity contribution in [3.8, 4) is 0 Å². The summed E-state index contributed by atoms with van der Waals surface area (Å²) in [4.78, 5) is 22.2. The van der Waals surface area contributed by atoms with E-state index in [1.807, 2.05) is 42.2 Å². The molecule has 3 aromatic heterocycles. The Morgan fingerprint density at radius 1 is 1.07 bits per heavy atom. The monoisotopic (exact) mass is 392 g/mol. The number of carbonyl (C=O) groups excluding carboxylic acids is 1. The van der Waals surface area contributed by atoms with Crippen LogP contribution in [0.4, 0.5) is 5.13 Å². The van der Waals surface area contributed by atoms with E-state index in [0.717, 1.165) is 47.9 Å². The number of benzene rings is 1. The quantitative estimate of drug-likeness (QED) is 0.525. The highest BCUT2D eigenvalue weighted by molar-refractivity contribution is 7.22. The van der Waals surface area contributed by atoms with Gasteiger partial charge in [-0.2, -0.15) is 14.8 Å². The Morgan fingerprint density at radius 2 is 1.96 bits per heavy atom. The average molecular weight is 392 g/mol. The first kappa shape index (κ1) is 17.1. The zero-order chi connectivity index (χ0) is 19.1. The van der Waals surface area contributed by atoms with Crippen molar-refractivity contribution in [2.24, 2.45) is 0 Å². The fraction of sp³-hybridized carbons (Fsp3) is 0.300. The first-order valence-electron chi connectivity index (χ1n) is 9.41. The third kappa shape index (κ3) is 2.90. The zero-order valence-electron chi connectivity index (χ0n) is 15.6. The normalized spacial score (nSPS) is 15.3. The third-order valence-corrected chi connectivity index (χ3v) is 6.24. The van der Waals surface area contributed by atoms with Gasteiger partial charge in [0.25, 0.3) is 5.91 Å². The van der Waals surface area contributed by atoms with Gasteiger partial charge in [-0.25, -0.2) is 4.98 Å². The highest BCUT2D eigenvalue weighted by atomic mass is 32.1. The van der Waals surface area contributed by atoms with E-state index in [0.29, 0.717) is 12.1 Å². The van der Waals surface area contributed by atoms with Crippen LogP contribution in [0, 0.1) is 6.92 Å². The third-order valence-electron chi connectivity index (χ3n) is 5.14. The van der Waals surface area contributed by atoms with Crippen molar-refractivity contribution in [1.29, 1.82) is 0 Å². The van der Waals surface area contributed by atoms with Gasteiger partial charge >= 0.3 is 0 Å². The molecule has 1 fully saturated rings. The van der Waals surface area contributed by atoms with Crippen molar-refractivity contribution in [2.75, 3.05) is 31.1 Å². The van der Waals surface area contributed by atoms with Gasteiger partial charge in [0.05, 0.1) is 21.5 Å². The van der Waals surface area contributed by atoms with Crippen LogP contribution < -0.4 is 4.90 Å². The molecule has 0 saturated carbocycles. The predicted molar refractivity (Wildman–Crippen MR) is 110 cm³/mol. The first-order valence-corrected chi connectivity index (χ1v) is 10.2. The number of hydrogen-bond acceptors (Lipinski definition) is 6. The number of amides is 1. The summed E-state index contributed by atoms with van der Waals surface area (Å²) in [5, 5.41) is 9.61. The second-order valence-corrected chi connectivity index (χ2v) is 7.96. The van der Waals surface area contributed by atoms with E-state index in [-0.39, 0.29) is 5.91 Å². The van der Waals surface area contributed by atoms with Gasteiger partial charge in [0.2, 0.25) is 0 Å². The first-order chi connectivity index (χ1) is 13.7. The van der Waals surface area contributed by atoms with E-state index in [1.54, 1.807) is 17.5 Å². The summed E-state index contributed by atoms with van der Waals surface area (Å²) in [5.41, 5.74) is 3.17. The molecule has 4 aromatic rings. The number of aromatic nitrogens is 4. The highest BCUT2D eigenvalue weighted by Gasteiger charge is 2.26. The van der Waals surface area contributed by atoms with E-state index >= 15 is 0 Å². The largest absolute Gasteiger partial charge is 0.346 e. The van der Waals surface area contributed by atoms with Crippen LogP contribution in [0.15, 0.2) is 42.6 Å². The van der Waals surface area contributed by atoms with Crippen LogP contribution in [0.5, 0.6) is 0 Å². The predicted octanol–water partition coefficient (Wildman–Crippen LogP) is 3.00. The molecule has 1 aromatic carbocycles. The summed E-state index contributed by atoms with van der Waals surface area (Å²) >= 11 is 1.71. The Bertz CT molecular complexity index is 1130. The summed E-state index contributed by atoms with van der Waals surface area (Å²) < 4.78 is 2.73. The van der Waals surface area contributed by atoms with Crippen molar-refractivity contribution >= 4 is 38.1 Å². The summed E-state index contributed by atoms with van der Waals surface area (Å²) in [7, 11) is 0. The van der Waals surface area contributed by atoms with Gasteiger partial charge in [-0.3, -0.25) is 4.79 Å². The SMILES string of the molecule is Cc1nn2ncccc2c1C(=O)N1CCCN(c2nc3ccccc3s2)CC1. The molecule has 0 unspecified atom stereocenters. The van der Waals surface area contributed by atoms with E-state index in [2.05, 4.69) is 21.2 Å². The molecule has 5 rings (SSSR count). The van der Waals surface area contributed by atoms with Gasteiger partial charge in [0.15, 0.2) is 5.13 Å². The lowest BCUT2D eigenvalue weighted by Gasteiger charge is -2.21. The van der Waals surface area contributed by atoms with Gasteiger partial charge in [-0.05, 0) is 37.6 Å². The standard InChI is InChI=1S/C20H20N6OS/c1-14-18(16-7-4-9-21-26(16)23-14)19(27)24-10-5-11-25(13-12-24)20-22-15-6-2-3-8-17(15)28-20/h2-4,6-9H,5,10-13H2,1H3. The number of hydrogen-bond donors (Lipinski definition) is 0. The fourth-order valence-electron chi connectivity index (χ4n) is 3.73. The van der Waals surface area contributed by atoms with Crippen LogP contribution in [0.1, 0.15) is 22.5 Å². The molecule has 0 aliphatic carbocycles. The maximum Gasteiger partial charge on any atom is 0.258 e. The maximum absolute atomic E-state index is 13.2. The molecule has 0 N–H and O–H groups in total. The fourth-order valence-corrected chi connectivity index (χ4v) is 4.75. The van der Waals surface area contributed by atoms with Crippen molar-refractivity contribution in [1.82, 2.24) is 24.7 Å². The molecule has 28 heavy (non-hydrogen) atoms. The summed E-state index contributed by atoms with van der Waals surface area (Å²) in [6.07, 6.45) is 2.59. The van der Waals surface area contributed by atoms with Crippen LogP contribution in [-0.2, 0) is 0 Å². The van der Waals surface area contributed by atoms with Gasteiger partial charge < -0.3 is 9.80 Å². The number of para-hydroxylation sites is 1. The average Bonchev–Trinajstić information content (AvgIpc) is 3.18. The van der Waals surface area contributed by atoms with Crippen molar-refractivity contribution in [3.63, 3.8) is 0 Å². The van der Waals surface area contributed by atoms with Gasteiger partial charge in [-0.15, -0.1) is 0 Å². The molecule has 0 bridgehead atoms. The van der Waals surface area contributed by atoms with Gasteiger partial charge in [0.1, 0.15) is 5.52 Å². The Labute approximate surface area is 166 Å². The molecule has 1 saturated heterocycles. The minimum absolute atomic E-state index is 0.0339. The molecule has 142 valence electrons. The second-order valence-electron chi connectivity index (χ2n) is 6.96. The van der Waals surface area contributed by atoms with Crippen molar-refractivity contribution in [3.05, 3.63) is 53.9 Å². The lowest BCUT2D eigenvalue weighted by Crippen LogP contribution is -2.35. The van der Waals surface area contributed by atoms with Gasteiger partial charge in [-0.1, -0.05) is 23.5 Å². The molecular formula is C20H20N6OS. The van der Waals surface area contributed by atoms with E-state index < -0.39 is 0 Å². The minimum Gasteiger partial charge on any atom is -0.346 e. The van der Waals surface area contributed by atoms with E-state index in [9.17, 15) is 4.79 Å². The molecule has 1 aliphatic rings. The molecule has 7 nitrogen and oxygen atoms in total.